The highest BCUT2D eigenvalue weighted by atomic mass is 16.5. The number of hydrogen-bond donors (Lipinski definition) is 0. The van der Waals surface area contributed by atoms with E-state index in [-0.39, 0.29) is 5.91 Å². The van der Waals surface area contributed by atoms with Crippen LogP contribution in [0.4, 0.5) is 5.69 Å². The van der Waals surface area contributed by atoms with Gasteiger partial charge in [-0.1, -0.05) is 66.7 Å². The maximum atomic E-state index is 12.7. The van der Waals surface area contributed by atoms with Crippen LogP contribution in [0.2, 0.25) is 0 Å². The molecule has 0 spiro atoms. The van der Waals surface area contributed by atoms with Crippen LogP contribution in [0.3, 0.4) is 0 Å². The Labute approximate surface area is 160 Å². The monoisotopic (exact) mass is 357 g/mol. The highest BCUT2D eigenvalue weighted by molar-refractivity contribution is 5.97. The molecule has 0 aliphatic carbocycles. The van der Waals surface area contributed by atoms with Crippen LogP contribution in [0.15, 0.2) is 72.8 Å². The molecule has 27 heavy (non-hydrogen) atoms. The summed E-state index contributed by atoms with van der Waals surface area (Å²) in [5.74, 6) is 1.06. The van der Waals surface area contributed by atoms with E-state index in [0.29, 0.717) is 19.6 Å². The van der Waals surface area contributed by atoms with Gasteiger partial charge in [0.25, 0.3) is 0 Å². The van der Waals surface area contributed by atoms with E-state index < -0.39 is 0 Å². The number of carbonyl (C=O) groups is 1. The molecule has 1 heterocycles. The zero-order chi connectivity index (χ0) is 18.6. The lowest BCUT2D eigenvalue weighted by Gasteiger charge is -2.32. The summed E-state index contributed by atoms with van der Waals surface area (Å²) in [6.07, 6.45) is 1.25. The van der Waals surface area contributed by atoms with Gasteiger partial charge in [-0.15, -0.1) is 0 Å². The Morgan fingerprint density at radius 1 is 0.852 bits per heavy atom. The lowest BCUT2D eigenvalue weighted by Crippen LogP contribution is -2.35. The zero-order valence-corrected chi connectivity index (χ0v) is 15.5. The average molecular weight is 357 g/mol. The average Bonchev–Trinajstić information content (AvgIpc) is 2.71. The third kappa shape index (κ3) is 3.72. The van der Waals surface area contributed by atoms with Gasteiger partial charge in [-0.25, -0.2) is 0 Å². The first kappa shape index (κ1) is 17.3. The van der Waals surface area contributed by atoms with Crippen LogP contribution in [0.25, 0.3) is 0 Å². The molecule has 0 bridgehead atoms. The first-order valence-corrected chi connectivity index (χ1v) is 9.36. The molecular weight excluding hydrogens is 334 g/mol. The van der Waals surface area contributed by atoms with Gasteiger partial charge in [0.1, 0.15) is 12.4 Å². The molecule has 0 atom stereocenters. The predicted octanol–water partition coefficient (Wildman–Crippen LogP) is 5.05. The fourth-order valence-electron chi connectivity index (χ4n) is 3.65. The Kier molecular flexibility index (Phi) is 4.93. The topological polar surface area (TPSA) is 29.5 Å². The second kappa shape index (κ2) is 7.67. The number of ether oxygens (including phenoxy) is 1. The van der Waals surface area contributed by atoms with E-state index in [1.54, 1.807) is 0 Å². The lowest BCUT2D eigenvalue weighted by molar-refractivity contribution is -0.119. The SMILES string of the molecule is Cc1ccc(OCc2ccccc2)c2c1N(Cc1ccccc1)C(=O)CC2. The Hall–Kier alpha value is -3.07. The van der Waals surface area contributed by atoms with Gasteiger partial charge < -0.3 is 9.64 Å². The molecule has 1 amide bonds. The molecule has 0 fully saturated rings. The number of benzene rings is 3. The quantitative estimate of drug-likeness (QED) is 0.639. The van der Waals surface area contributed by atoms with E-state index in [1.807, 2.05) is 47.4 Å². The normalized spacial score (nSPS) is 13.4. The highest BCUT2D eigenvalue weighted by Crippen LogP contribution is 2.38. The molecule has 1 aliphatic heterocycles. The Bertz CT molecular complexity index is 935. The number of amides is 1. The van der Waals surface area contributed by atoms with E-state index in [0.717, 1.165) is 40.1 Å². The molecule has 0 saturated heterocycles. The van der Waals surface area contributed by atoms with Gasteiger partial charge in [-0.2, -0.15) is 0 Å². The third-order valence-electron chi connectivity index (χ3n) is 5.02. The third-order valence-corrected chi connectivity index (χ3v) is 5.02. The van der Waals surface area contributed by atoms with Crippen molar-refractivity contribution in [1.82, 2.24) is 0 Å². The number of hydrogen-bond acceptors (Lipinski definition) is 2. The molecule has 1 aliphatic rings. The Morgan fingerprint density at radius 2 is 1.52 bits per heavy atom. The maximum Gasteiger partial charge on any atom is 0.227 e. The standard InChI is InChI=1S/C24H23NO2/c1-18-12-14-22(27-17-20-10-6-3-7-11-20)21-13-15-23(26)25(24(18)21)16-19-8-4-2-5-9-19/h2-12,14H,13,15-17H2,1H3. The fraction of sp³-hybridized carbons (Fsp3) is 0.208. The van der Waals surface area contributed by atoms with Crippen LogP contribution in [0, 0.1) is 6.92 Å². The Morgan fingerprint density at radius 3 is 2.22 bits per heavy atom. The van der Waals surface area contributed by atoms with Gasteiger partial charge in [-0.3, -0.25) is 4.79 Å². The summed E-state index contributed by atoms with van der Waals surface area (Å²) in [6.45, 7) is 3.19. The molecule has 3 heteroatoms. The van der Waals surface area contributed by atoms with Crippen molar-refractivity contribution in [1.29, 1.82) is 0 Å². The molecule has 3 aromatic carbocycles. The van der Waals surface area contributed by atoms with Crippen LogP contribution in [-0.4, -0.2) is 5.91 Å². The lowest BCUT2D eigenvalue weighted by atomic mass is 9.96. The van der Waals surface area contributed by atoms with Gasteiger partial charge in [0.2, 0.25) is 5.91 Å². The predicted molar refractivity (Wildman–Crippen MR) is 108 cm³/mol. The molecular formula is C24H23NO2. The Balaban J connectivity index is 1.64. The van der Waals surface area contributed by atoms with Crippen molar-refractivity contribution in [2.45, 2.75) is 32.9 Å². The van der Waals surface area contributed by atoms with Gasteiger partial charge in [0, 0.05) is 12.0 Å². The van der Waals surface area contributed by atoms with Crippen molar-refractivity contribution in [3.05, 3.63) is 95.1 Å². The zero-order valence-electron chi connectivity index (χ0n) is 15.5. The number of carbonyl (C=O) groups excluding carboxylic acids is 1. The maximum absolute atomic E-state index is 12.7. The minimum atomic E-state index is 0.176. The van der Waals surface area contributed by atoms with Crippen molar-refractivity contribution in [2.24, 2.45) is 0 Å². The van der Waals surface area contributed by atoms with E-state index >= 15 is 0 Å². The molecule has 0 unspecified atom stereocenters. The number of aryl methyl sites for hydroxylation is 1. The highest BCUT2D eigenvalue weighted by Gasteiger charge is 2.28. The molecule has 0 saturated carbocycles. The summed E-state index contributed by atoms with van der Waals surface area (Å²) < 4.78 is 6.14. The van der Waals surface area contributed by atoms with Crippen molar-refractivity contribution < 1.29 is 9.53 Å². The second-order valence-electron chi connectivity index (χ2n) is 6.95. The summed E-state index contributed by atoms with van der Waals surface area (Å²) in [6, 6.07) is 24.4. The van der Waals surface area contributed by atoms with Crippen LogP contribution >= 0.6 is 0 Å². The summed E-state index contributed by atoms with van der Waals surface area (Å²) in [4.78, 5) is 14.6. The summed E-state index contributed by atoms with van der Waals surface area (Å²) in [5.41, 5.74) is 5.54. The van der Waals surface area contributed by atoms with Gasteiger partial charge >= 0.3 is 0 Å². The van der Waals surface area contributed by atoms with E-state index in [9.17, 15) is 4.79 Å². The van der Waals surface area contributed by atoms with Crippen LogP contribution in [0.5, 0.6) is 5.75 Å². The molecule has 136 valence electrons. The van der Waals surface area contributed by atoms with Crippen molar-refractivity contribution >= 4 is 11.6 Å². The number of nitrogens with zero attached hydrogens (tertiary/aromatic N) is 1. The number of rotatable bonds is 5. The van der Waals surface area contributed by atoms with Crippen molar-refractivity contribution in [3.8, 4) is 5.75 Å². The minimum Gasteiger partial charge on any atom is -0.489 e. The smallest absolute Gasteiger partial charge is 0.227 e. The number of fused-ring (bicyclic) bond motifs is 1. The van der Waals surface area contributed by atoms with E-state index in [2.05, 4.69) is 37.3 Å². The summed E-state index contributed by atoms with van der Waals surface area (Å²) >= 11 is 0. The number of anilines is 1. The van der Waals surface area contributed by atoms with Crippen LogP contribution < -0.4 is 9.64 Å². The van der Waals surface area contributed by atoms with Crippen molar-refractivity contribution in [2.75, 3.05) is 4.90 Å². The van der Waals surface area contributed by atoms with Crippen LogP contribution in [0.1, 0.15) is 28.7 Å². The molecule has 4 rings (SSSR count). The largest absolute Gasteiger partial charge is 0.489 e. The molecule has 0 radical (unpaired) electrons. The summed E-state index contributed by atoms with van der Waals surface area (Å²) in [7, 11) is 0. The molecule has 0 aromatic heterocycles. The first-order chi connectivity index (χ1) is 13.2. The fourth-order valence-corrected chi connectivity index (χ4v) is 3.65. The molecule has 3 nitrogen and oxygen atoms in total. The van der Waals surface area contributed by atoms with E-state index in [4.69, 9.17) is 4.74 Å². The summed E-state index contributed by atoms with van der Waals surface area (Å²) in [5, 5.41) is 0. The van der Waals surface area contributed by atoms with Gasteiger partial charge in [-0.05, 0) is 36.1 Å². The molecule has 3 aromatic rings. The van der Waals surface area contributed by atoms with Gasteiger partial charge in [0.05, 0.1) is 12.2 Å². The van der Waals surface area contributed by atoms with E-state index in [1.165, 1.54) is 0 Å². The first-order valence-electron chi connectivity index (χ1n) is 9.36. The second-order valence-corrected chi connectivity index (χ2v) is 6.95. The van der Waals surface area contributed by atoms with Gasteiger partial charge in [0.15, 0.2) is 0 Å². The van der Waals surface area contributed by atoms with Crippen molar-refractivity contribution in [3.63, 3.8) is 0 Å². The molecule has 0 N–H and O–H groups in total. The minimum absolute atomic E-state index is 0.176. The van der Waals surface area contributed by atoms with Crippen LogP contribution in [-0.2, 0) is 24.4 Å².